The molecule has 0 spiro atoms. The van der Waals surface area contributed by atoms with Gasteiger partial charge in [0.1, 0.15) is 0 Å². The third-order valence-corrected chi connectivity index (χ3v) is 5.37. The van der Waals surface area contributed by atoms with Crippen LogP contribution in [0.3, 0.4) is 0 Å². The number of anilines is 1. The van der Waals surface area contributed by atoms with Crippen LogP contribution in [0.2, 0.25) is 10.0 Å². The summed E-state index contributed by atoms with van der Waals surface area (Å²) >= 11 is 13.4. The number of benzene rings is 2. The van der Waals surface area contributed by atoms with Crippen LogP contribution < -0.4 is 5.32 Å². The fourth-order valence-corrected chi connectivity index (χ4v) is 3.87. The normalized spacial score (nSPS) is 13.0. The highest BCUT2D eigenvalue weighted by molar-refractivity contribution is 8.00. The van der Waals surface area contributed by atoms with E-state index in [1.54, 1.807) is 18.2 Å². The van der Waals surface area contributed by atoms with Crippen molar-refractivity contribution in [2.75, 3.05) is 11.1 Å². The monoisotopic (exact) mass is 351 g/mol. The number of amides is 1. The van der Waals surface area contributed by atoms with Crippen molar-refractivity contribution in [3.05, 3.63) is 57.6 Å². The van der Waals surface area contributed by atoms with Crippen LogP contribution in [-0.4, -0.2) is 11.7 Å². The van der Waals surface area contributed by atoms with Gasteiger partial charge in [-0.3, -0.25) is 4.79 Å². The van der Waals surface area contributed by atoms with E-state index in [4.69, 9.17) is 23.2 Å². The highest BCUT2D eigenvalue weighted by Gasteiger charge is 2.12. The molecule has 3 rings (SSSR count). The first-order valence-corrected chi connectivity index (χ1v) is 8.85. The van der Waals surface area contributed by atoms with Crippen molar-refractivity contribution < 1.29 is 4.79 Å². The number of aryl methyl sites for hydroxylation is 2. The number of carbonyl (C=O) groups is 1. The molecule has 0 bridgehead atoms. The number of rotatable bonds is 4. The minimum Gasteiger partial charge on any atom is -0.325 e. The minimum atomic E-state index is -0.0426. The predicted octanol–water partition coefficient (Wildman–Crippen LogP) is 5.21. The summed E-state index contributed by atoms with van der Waals surface area (Å²) in [5.74, 6) is 0.260. The van der Waals surface area contributed by atoms with Gasteiger partial charge in [0.15, 0.2) is 0 Å². The van der Waals surface area contributed by atoms with Gasteiger partial charge in [0.25, 0.3) is 0 Å². The predicted molar refractivity (Wildman–Crippen MR) is 94.3 cm³/mol. The Hall–Kier alpha value is -1.16. The maximum Gasteiger partial charge on any atom is 0.234 e. The van der Waals surface area contributed by atoms with Crippen LogP contribution in [0.25, 0.3) is 0 Å². The summed E-state index contributed by atoms with van der Waals surface area (Å²) in [6, 6.07) is 11.4. The molecule has 0 radical (unpaired) electrons. The third kappa shape index (κ3) is 3.78. The van der Waals surface area contributed by atoms with Crippen LogP contribution >= 0.6 is 35.0 Å². The van der Waals surface area contributed by atoms with Crippen molar-refractivity contribution in [3.63, 3.8) is 0 Å². The molecule has 2 aromatic rings. The standard InChI is InChI=1S/C17H15Cl2NOS/c18-13-5-7-15(19)16(9-13)22-10-17(21)20-14-6-4-11-2-1-3-12(11)8-14/h4-9H,1-3,10H2,(H,20,21). The van der Waals surface area contributed by atoms with Crippen LogP contribution in [0.15, 0.2) is 41.3 Å². The second kappa shape index (κ2) is 6.95. The van der Waals surface area contributed by atoms with Gasteiger partial charge in [0.05, 0.1) is 10.8 Å². The summed E-state index contributed by atoms with van der Waals surface area (Å²) in [6.45, 7) is 0. The van der Waals surface area contributed by atoms with E-state index in [9.17, 15) is 4.79 Å². The first-order chi connectivity index (χ1) is 10.6. The summed E-state index contributed by atoms with van der Waals surface area (Å²) in [4.78, 5) is 12.9. The van der Waals surface area contributed by atoms with Crippen LogP contribution in [0, 0.1) is 0 Å². The van der Waals surface area contributed by atoms with Crippen LogP contribution in [0.5, 0.6) is 0 Å². The second-order valence-corrected chi connectivity index (χ2v) is 7.11. The number of hydrogen-bond acceptors (Lipinski definition) is 2. The van der Waals surface area contributed by atoms with Crippen LogP contribution in [-0.2, 0) is 17.6 Å². The van der Waals surface area contributed by atoms with Crippen LogP contribution in [0.1, 0.15) is 17.5 Å². The number of fused-ring (bicyclic) bond motifs is 1. The average molecular weight is 352 g/mol. The molecule has 0 atom stereocenters. The van der Waals surface area contributed by atoms with E-state index >= 15 is 0 Å². The maximum absolute atomic E-state index is 12.1. The molecule has 0 unspecified atom stereocenters. The van der Waals surface area contributed by atoms with Crippen molar-refractivity contribution in [3.8, 4) is 0 Å². The molecule has 0 aromatic heterocycles. The molecule has 0 saturated heterocycles. The summed E-state index contributed by atoms with van der Waals surface area (Å²) in [6.07, 6.45) is 3.45. The topological polar surface area (TPSA) is 29.1 Å². The number of hydrogen-bond donors (Lipinski definition) is 1. The molecule has 0 fully saturated rings. The zero-order valence-corrected chi connectivity index (χ0v) is 14.2. The van der Waals surface area contributed by atoms with Crippen molar-refractivity contribution in [2.24, 2.45) is 0 Å². The summed E-state index contributed by atoms with van der Waals surface area (Å²) < 4.78 is 0. The molecule has 5 heteroatoms. The molecular weight excluding hydrogens is 337 g/mol. The van der Waals surface area contributed by atoms with Crippen molar-refractivity contribution >= 4 is 46.6 Å². The molecule has 1 aliphatic rings. The molecule has 22 heavy (non-hydrogen) atoms. The molecule has 2 nitrogen and oxygen atoms in total. The molecule has 1 N–H and O–H groups in total. The number of halogens is 2. The van der Waals surface area contributed by atoms with Crippen LogP contribution in [0.4, 0.5) is 5.69 Å². The van der Waals surface area contributed by atoms with E-state index in [2.05, 4.69) is 17.4 Å². The maximum atomic E-state index is 12.1. The van der Waals surface area contributed by atoms with Gasteiger partial charge in [-0.25, -0.2) is 0 Å². The lowest BCUT2D eigenvalue weighted by molar-refractivity contribution is -0.113. The Bertz CT molecular complexity index is 718. The van der Waals surface area contributed by atoms with E-state index in [0.717, 1.165) is 23.4 Å². The van der Waals surface area contributed by atoms with E-state index in [1.807, 2.05) is 6.07 Å². The molecule has 114 valence electrons. The van der Waals surface area contributed by atoms with E-state index in [-0.39, 0.29) is 5.91 Å². The average Bonchev–Trinajstić information content (AvgIpc) is 2.96. The Balaban J connectivity index is 1.59. The SMILES string of the molecule is O=C(CSc1cc(Cl)ccc1Cl)Nc1ccc2c(c1)CCC2. The largest absolute Gasteiger partial charge is 0.325 e. The Morgan fingerprint density at radius 3 is 2.77 bits per heavy atom. The minimum absolute atomic E-state index is 0.0426. The van der Waals surface area contributed by atoms with Gasteiger partial charge in [-0.1, -0.05) is 29.3 Å². The molecule has 0 saturated carbocycles. The third-order valence-electron chi connectivity index (χ3n) is 3.63. The van der Waals surface area contributed by atoms with Crippen molar-refractivity contribution in [2.45, 2.75) is 24.2 Å². The molecule has 2 aromatic carbocycles. The Labute approximate surface area is 144 Å². The summed E-state index contributed by atoms with van der Waals surface area (Å²) in [5.41, 5.74) is 3.62. The van der Waals surface area contributed by atoms with Gasteiger partial charge >= 0.3 is 0 Å². The molecular formula is C17H15Cl2NOS. The van der Waals surface area contributed by atoms with E-state index in [0.29, 0.717) is 15.8 Å². The van der Waals surface area contributed by atoms with Crippen molar-refractivity contribution in [1.82, 2.24) is 0 Å². The second-order valence-electron chi connectivity index (χ2n) is 5.25. The highest BCUT2D eigenvalue weighted by Crippen LogP contribution is 2.30. The van der Waals surface area contributed by atoms with Gasteiger partial charge in [0, 0.05) is 15.6 Å². The first kappa shape index (κ1) is 15.7. The lowest BCUT2D eigenvalue weighted by Gasteiger charge is -2.08. The zero-order chi connectivity index (χ0) is 15.5. The number of carbonyl (C=O) groups excluding carboxylic acids is 1. The zero-order valence-electron chi connectivity index (χ0n) is 11.9. The van der Waals surface area contributed by atoms with Gasteiger partial charge in [-0.05, 0) is 60.7 Å². The lowest BCUT2D eigenvalue weighted by atomic mass is 10.1. The van der Waals surface area contributed by atoms with Gasteiger partial charge < -0.3 is 5.32 Å². The van der Waals surface area contributed by atoms with E-state index < -0.39 is 0 Å². The Morgan fingerprint density at radius 1 is 1.09 bits per heavy atom. The molecule has 0 heterocycles. The van der Waals surface area contributed by atoms with E-state index in [1.165, 1.54) is 29.3 Å². The fourth-order valence-electron chi connectivity index (χ4n) is 2.58. The Morgan fingerprint density at radius 2 is 1.91 bits per heavy atom. The van der Waals surface area contributed by atoms with Gasteiger partial charge in [-0.2, -0.15) is 0 Å². The molecule has 0 aliphatic heterocycles. The molecule has 1 amide bonds. The molecule has 1 aliphatic carbocycles. The number of thioether (sulfide) groups is 1. The van der Waals surface area contributed by atoms with Crippen molar-refractivity contribution in [1.29, 1.82) is 0 Å². The highest BCUT2D eigenvalue weighted by atomic mass is 35.5. The van der Waals surface area contributed by atoms with Gasteiger partial charge in [-0.15, -0.1) is 11.8 Å². The lowest BCUT2D eigenvalue weighted by Crippen LogP contribution is -2.14. The summed E-state index contributed by atoms with van der Waals surface area (Å²) in [5, 5.41) is 4.17. The quantitative estimate of drug-likeness (QED) is 0.765. The fraction of sp³-hybridized carbons (Fsp3) is 0.235. The number of nitrogens with one attached hydrogen (secondary N) is 1. The first-order valence-electron chi connectivity index (χ1n) is 7.11. The van der Waals surface area contributed by atoms with Gasteiger partial charge in [0.2, 0.25) is 5.91 Å². The Kier molecular flexibility index (Phi) is 4.97. The summed E-state index contributed by atoms with van der Waals surface area (Å²) in [7, 11) is 0. The smallest absolute Gasteiger partial charge is 0.234 e.